The highest BCUT2D eigenvalue weighted by atomic mass is 32.2. The van der Waals surface area contributed by atoms with Crippen LogP contribution in [0.4, 0.5) is 0 Å². The third kappa shape index (κ3) is 4.73. The van der Waals surface area contributed by atoms with E-state index in [1.165, 1.54) is 17.6 Å². The van der Waals surface area contributed by atoms with E-state index in [4.69, 9.17) is 0 Å². The molecule has 36 heavy (non-hydrogen) atoms. The predicted molar refractivity (Wildman–Crippen MR) is 148 cm³/mol. The third-order valence-corrected chi connectivity index (χ3v) is 13.4. The molecule has 0 aromatic rings. The van der Waals surface area contributed by atoms with E-state index in [9.17, 15) is 18.6 Å². The van der Waals surface area contributed by atoms with Gasteiger partial charge in [0.05, 0.1) is 21.7 Å². The van der Waals surface area contributed by atoms with E-state index in [0.717, 1.165) is 62.5 Å². The van der Waals surface area contributed by atoms with Crippen LogP contribution in [-0.2, 0) is 9.84 Å². The Morgan fingerprint density at radius 3 is 2.47 bits per heavy atom. The summed E-state index contributed by atoms with van der Waals surface area (Å²) in [5, 5.41) is 20.3. The predicted octanol–water partition coefficient (Wildman–Crippen LogP) is 6.60. The van der Waals surface area contributed by atoms with Gasteiger partial charge in [0.2, 0.25) is 0 Å². The Hall–Kier alpha value is -1.17. The van der Waals surface area contributed by atoms with Crippen LogP contribution in [0.25, 0.3) is 0 Å². The Labute approximate surface area is 219 Å². The first kappa shape index (κ1) is 27.9. The minimum absolute atomic E-state index is 0.125. The molecule has 0 aliphatic heterocycles. The van der Waals surface area contributed by atoms with E-state index in [-0.39, 0.29) is 5.41 Å². The summed E-state index contributed by atoms with van der Waals surface area (Å²) < 4.78 is 25.6. The molecule has 0 spiro atoms. The average Bonchev–Trinajstić information content (AvgIpc) is 3.11. The van der Waals surface area contributed by atoms with Crippen molar-refractivity contribution in [3.05, 3.63) is 47.1 Å². The summed E-state index contributed by atoms with van der Waals surface area (Å²) in [5.41, 5.74) is 4.82. The van der Waals surface area contributed by atoms with E-state index in [0.29, 0.717) is 24.7 Å². The fourth-order valence-electron chi connectivity index (χ4n) is 7.59. The van der Waals surface area contributed by atoms with E-state index >= 15 is 0 Å². The van der Waals surface area contributed by atoms with Crippen LogP contribution >= 0.6 is 0 Å². The van der Waals surface area contributed by atoms with Crippen LogP contribution in [0, 0.1) is 17.3 Å². The summed E-state index contributed by atoms with van der Waals surface area (Å²) >= 11 is 0. The number of aliphatic hydroxyl groups is 2. The standard InChI is InChI=1S/C31H48O4S/c1-21(14-18-31(16-8-17-31)36(34,35)29(3,4)5)26-12-13-27-23(9-7-15-30(26,27)6)10-11-24-19-25(32)20-28(33)22(24)2/h10-12,21,25,27-28,32-33H,2,7-9,13-20H2,1,3-6H3/t21-,25+,27+,28-,30-/m1/s1. The van der Waals surface area contributed by atoms with Gasteiger partial charge in [-0.15, -0.1) is 0 Å². The summed E-state index contributed by atoms with van der Waals surface area (Å²) in [5.74, 6) is 0.858. The van der Waals surface area contributed by atoms with Gasteiger partial charge in [0.1, 0.15) is 0 Å². The first-order valence-corrected chi connectivity index (χ1v) is 15.6. The maximum Gasteiger partial charge on any atom is 0.160 e. The van der Waals surface area contributed by atoms with Crippen molar-refractivity contribution in [3.63, 3.8) is 0 Å². The Morgan fingerprint density at radius 1 is 1.17 bits per heavy atom. The lowest BCUT2D eigenvalue weighted by Crippen LogP contribution is -2.52. The van der Waals surface area contributed by atoms with Crippen molar-refractivity contribution in [2.24, 2.45) is 17.3 Å². The topological polar surface area (TPSA) is 74.6 Å². The van der Waals surface area contributed by atoms with Crippen LogP contribution in [0.2, 0.25) is 0 Å². The third-order valence-electron chi connectivity index (χ3n) is 10.1. The molecule has 0 unspecified atom stereocenters. The molecule has 5 atom stereocenters. The lowest BCUT2D eigenvalue weighted by molar-refractivity contribution is 0.0862. The van der Waals surface area contributed by atoms with Crippen LogP contribution in [0.1, 0.15) is 105 Å². The molecule has 3 fully saturated rings. The van der Waals surface area contributed by atoms with Crippen LogP contribution in [0.3, 0.4) is 0 Å². The SMILES string of the molecule is C=C1C(=CC=C2CCC[C@]3(C)C([C@H](C)CCC4(S(=O)(=O)C(C)(C)C)CCC4)=CC[C@@H]23)C[C@H](O)C[C@H]1O. The van der Waals surface area contributed by atoms with Gasteiger partial charge in [-0.3, -0.25) is 0 Å². The summed E-state index contributed by atoms with van der Waals surface area (Å²) in [6, 6.07) is 0. The Kier molecular flexibility index (Phi) is 7.62. The number of fused-ring (bicyclic) bond motifs is 1. The van der Waals surface area contributed by atoms with E-state index in [1.54, 1.807) is 0 Å². The molecule has 0 bridgehead atoms. The minimum atomic E-state index is -3.18. The number of rotatable bonds is 6. The van der Waals surface area contributed by atoms with Gasteiger partial charge in [-0.2, -0.15) is 0 Å². The van der Waals surface area contributed by atoms with Gasteiger partial charge in [0, 0.05) is 6.42 Å². The van der Waals surface area contributed by atoms with Gasteiger partial charge in [-0.05, 0) is 107 Å². The number of allylic oxidation sites excluding steroid dienone is 5. The molecule has 2 N–H and O–H groups in total. The zero-order chi connectivity index (χ0) is 26.5. The lowest BCUT2D eigenvalue weighted by atomic mass is 9.62. The first-order chi connectivity index (χ1) is 16.7. The quantitative estimate of drug-likeness (QED) is 0.390. The molecule has 3 saturated carbocycles. The van der Waals surface area contributed by atoms with Crippen molar-refractivity contribution in [2.75, 3.05) is 0 Å². The van der Waals surface area contributed by atoms with Gasteiger partial charge >= 0.3 is 0 Å². The minimum Gasteiger partial charge on any atom is -0.393 e. The summed E-state index contributed by atoms with van der Waals surface area (Å²) in [7, 11) is -3.18. The van der Waals surface area contributed by atoms with Crippen molar-refractivity contribution in [3.8, 4) is 0 Å². The van der Waals surface area contributed by atoms with Gasteiger partial charge in [0.15, 0.2) is 9.84 Å². The number of aliphatic hydroxyl groups excluding tert-OH is 2. The first-order valence-electron chi connectivity index (χ1n) is 14.1. The van der Waals surface area contributed by atoms with Crippen molar-refractivity contribution in [1.29, 1.82) is 0 Å². The largest absolute Gasteiger partial charge is 0.393 e. The maximum atomic E-state index is 13.4. The molecule has 0 radical (unpaired) electrons. The molecule has 4 aliphatic carbocycles. The summed E-state index contributed by atoms with van der Waals surface area (Å²) in [4.78, 5) is 0. The second kappa shape index (κ2) is 9.85. The molecule has 0 amide bonds. The van der Waals surface area contributed by atoms with E-state index in [1.807, 2.05) is 20.8 Å². The maximum absolute atomic E-state index is 13.4. The van der Waals surface area contributed by atoms with Crippen molar-refractivity contribution < 1.29 is 18.6 Å². The number of hydrogen-bond acceptors (Lipinski definition) is 4. The van der Waals surface area contributed by atoms with Crippen LogP contribution in [0.15, 0.2) is 47.1 Å². The molecule has 202 valence electrons. The molecule has 0 aromatic heterocycles. The van der Waals surface area contributed by atoms with Gasteiger partial charge < -0.3 is 10.2 Å². The van der Waals surface area contributed by atoms with Gasteiger partial charge in [-0.1, -0.05) is 56.2 Å². The molecular formula is C31H48O4S. The van der Waals surface area contributed by atoms with Crippen molar-refractivity contribution in [1.82, 2.24) is 0 Å². The highest BCUT2D eigenvalue weighted by Crippen LogP contribution is 2.58. The monoisotopic (exact) mass is 516 g/mol. The van der Waals surface area contributed by atoms with Crippen molar-refractivity contribution >= 4 is 9.84 Å². The van der Waals surface area contributed by atoms with Crippen LogP contribution in [0.5, 0.6) is 0 Å². The molecular weight excluding hydrogens is 468 g/mol. The molecule has 4 aliphatic rings. The number of sulfone groups is 1. The molecule has 5 heteroatoms. The normalized spacial score (nSPS) is 35.9. The fraction of sp³-hybridized carbons (Fsp3) is 0.742. The smallest absolute Gasteiger partial charge is 0.160 e. The number of hydrogen-bond donors (Lipinski definition) is 2. The second-order valence-electron chi connectivity index (χ2n) is 13.4. The average molecular weight is 517 g/mol. The van der Waals surface area contributed by atoms with Gasteiger partial charge in [0.25, 0.3) is 0 Å². The zero-order valence-electron chi connectivity index (χ0n) is 23.1. The molecule has 0 heterocycles. The molecule has 0 aromatic carbocycles. The molecule has 4 rings (SSSR count). The lowest BCUT2D eigenvalue weighted by Gasteiger charge is -2.46. The van der Waals surface area contributed by atoms with Crippen LogP contribution < -0.4 is 0 Å². The molecule has 0 saturated heterocycles. The summed E-state index contributed by atoms with van der Waals surface area (Å²) in [6.07, 6.45) is 15.4. The fourth-order valence-corrected chi connectivity index (χ4v) is 10.1. The Bertz CT molecular complexity index is 1070. The van der Waals surface area contributed by atoms with E-state index < -0.39 is 31.5 Å². The van der Waals surface area contributed by atoms with Gasteiger partial charge in [-0.25, -0.2) is 8.42 Å². The molecule has 4 nitrogen and oxygen atoms in total. The summed E-state index contributed by atoms with van der Waals surface area (Å²) in [6.45, 7) is 14.4. The Balaban J connectivity index is 1.48. The van der Waals surface area contributed by atoms with Crippen molar-refractivity contribution in [2.45, 2.75) is 127 Å². The second-order valence-corrected chi connectivity index (χ2v) is 16.5. The zero-order valence-corrected chi connectivity index (χ0v) is 24.0. The Morgan fingerprint density at radius 2 is 1.86 bits per heavy atom. The van der Waals surface area contributed by atoms with Crippen LogP contribution in [-0.4, -0.2) is 40.3 Å². The highest BCUT2D eigenvalue weighted by molar-refractivity contribution is 7.94. The highest BCUT2D eigenvalue weighted by Gasteiger charge is 2.53. The van der Waals surface area contributed by atoms with E-state index in [2.05, 4.69) is 38.7 Å².